The predicted octanol–water partition coefficient (Wildman–Crippen LogP) is 6.20. The Hall–Kier alpha value is -3.31. The number of hydrogen-bond acceptors (Lipinski definition) is 3. The van der Waals surface area contributed by atoms with E-state index in [9.17, 15) is 9.59 Å². The first-order chi connectivity index (χ1) is 17.4. The van der Waals surface area contributed by atoms with Crippen LogP contribution in [0.1, 0.15) is 48.6 Å². The van der Waals surface area contributed by atoms with E-state index in [1.807, 2.05) is 108 Å². The zero-order valence-electron chi connectivity index (χ0n) is 22.6. The molecule has 0 spiro atoms. The van der Waals surface area contributed by atoms with Crippen molar-refractivity contribution < 1.29 is 14.3 Å². The minimum absolute atomic E-state index is 0.194. The minimum Gasteiger partial charge on any atom is -0.484 e. The molecule has 1 atom stereocenters. The molecule has 3 aromatic rings. The maximum absolute atomic E-state index is 13.8. The molecule has 2 amide bonds. The lowest BCUT2D eigenvalue weighted by Crippen LogP contribution is -2.55. The van der Waals surface area contributed by atoms with Crippen molar-refractivity contribution in [2.45, 2.75) is 66.1 Å². The third kappa shape index (κ3) is 8.09. The highest BCUT2D eigenvalue weighted by Crippen LogP contribution is 2.26. The summed E-state index contributed by atoms with van der Waals surface area (Å²) >= 11 is 6.30. The monoisotopic (exact) mass is 520 g/mol. The van der Waals surface area contributed by atoms with E-state index in [0.29, 0.717) is 23.7 Å². The zero-order valence-corrected chi connectivity index (χ0v) is 23.4. The van der Waals surface area contributed by atoms with Gasteiger partial charge in [-0.15, -0.1) is 0 Å². The van der Waals surface area contributed by atoms with Crippen molar-refractivity contribution in [2.75, 3.05) is 6.61 Å². The van der Waals surface area contributed by atoms with E-state index in [4.69, 9.17) is 16.3 Å². The van der Waals surface area contributed by atoms with Gasteiger partial charge in [-0.1, -0.05) is 66.2 Å². The predicted molar refractivity (Wildman–Crippen MR) is 150 cm³/mol. The largest absolute Gasteiger partial charge is 0.484 e. The van der Waals surface area contributed by atoms with E-state index in [1.54, 1.807) is 4.90 Å². The lowest BCUT2D eigenvalue weighted by molar-refractivity contribution is -0.143. The van der Waals surface area contributed by atoms with Crippen LogP contribution in [-0.2, 0) is 22.6 Å². The van der Waals surface area contributed by atoms with Crippen molar-refractivity contribution >= 4 is 23.4 Å². The highest BCUT2D eigenvalue weighted by Gasteiger charge is 2.32. The number of benzene rings is 3. The summed E-state index contributed by atoms with van der Waals surface area (Å²) in [6.45, 7) is 11.7. The van der Waals surface area contributed by atoms with Gasteiger partial charge in [0.15, 0.2) is 6.61 Å². The van der Waals surface area contributed by atoms with E-state index < -0.39 is 11.6 Å². The fourth-order valence-corrected chi connectivity index (χ4v) is 4.30. The number of rotatable bonds is 9. The van der Waals surface area contributed by atoms with Crippen LogP contribution in [0.2, 0.25) is 5.02 Å². The molecule has 0 fully saturated rings. The first kappa shape index (κ1) is 28.3. The number of aryl methyl sites for hydroxylation is 3. The fourth-order valence-electron chi connectivity index (χ4n) is 4.20. The lowest BCUT2D eigenvalue weighted by atomic mass is 10.00. The lowest BCUT2D eigenvalue weighted by Gasteiger charge is -2.34. The molecular weight excluding hydrogens is 484 g/mol. The Morgan fingerprint density at radius 3 is 2.11 bits per heavy atom. The first-order valence-electron chi connectivity index (χ1n) is 12.5. The standard InChI is InChI=1S/C31H37ClN2O3/c1-21-12-10-11-15-25(21)19-34(28(35)20-37-26-16-22(2)29(32)23(3)17-26)27(30(36)33-31(4,5)6)18-24-13-8-7-9-14-24/h7-17,27H,18-20H2,1-6H3,(H,33,36)/t27-/m1/s1. The normalized spacial score (nSPS) is 12.1. The summed E-state index contributed by atoms with van der Waals surface area (Å²) in [4.78, 5) is 29.0. The first-order valence-corrected chi connectivity index (χ1v) is 12.9. The molecule has 0 unspecified atom stereocenters. The van der Waals surface area contributed by atoms with Crippen LogP contribution < -0.4 is 10.1 Å². The molecule has 0 aromatic heterocycles. The maximum atomic E-state index is 13.8. The third-order valence-corrected chi connectivity index (χ3v) is 6.74. The Morgan fingerprint density at radius 1 is 0.919 bits per heavy atom. The summed E-state index contributed by atoms with van der Waals surface area (Å²) in [5.74, 6) is 0.109. The van der Waals surface area contributed by atoms with Crippen LogP contribution in [0.4, 0.5) is 0 Å². The summed E-state index contributed by atoms with van der Waals surface area (Å²) < 4.78 is 5.93. The van der Waals surface area contributed by atoms with Crippen molar-refractivity contribution in [3.05, 3.63) is 99.6 Å². The number of amides is 2. The molecule has 0 heterocycles. The van der Waals surface area contributed by atoms with E-state index in [2.05, 4.69) is 5.32 Å². The van der Waals surface area contributed by atoms with Crippen LogP contribution in [0.3, 0.4) is 0 Å². The second kappa shape index (κ2) is 12.3. The van der Waals surface area contributed by atoms with Crippen LogP contribution in [0, 0.1) is 20.8 Å². The fraction of sp³-hybridized carbons (Fsp3) is 0.355. The number of hydrogen-bond donors (Lipinski definition) is 1. The molecule has 0 bridgehead atoms. The molecule has 37 heavy (non-hydrogen) atoms. The average Bonchev–Trinajstić information content (AvgIpc) is 2.83. The van der Waals surface area contributed by atoms with Gasteiger partial charge in [0.1, 0.15) is 11.8 Å². The van der Waals surface area contributed by atoms with Gasteiger partial charge in [-0.05, 0) is 81.5 Å². The SMILES string of the molecule is Cc1ccccc1CN(C(=O)COc1cc(C)c(Cl)c(C)c1)[C@H](Cc1ccccc1)C(=O)NC(C)(C)C. The number of nitrogens with one attached hydrogen (secondary N) is 1. The second-order valence-electron chi connectivity index (χ2n) is 10.6. The van der Waals surface area contributed by atoms with Crippen LogP contribution in [0.15, 0.2) is 66.7 Å². The Bertz CT molecular complexity index is 1210. The summed E-state index contributed by atoms with van der Waals surface area (Å²) in [7, 11) is 0. The number of halogens is 1. The average molecular weight is 521 g/mol. The number of carbonyl (C=O) groups excluding carboxylic acids is 2. The Labute approximate surface area is 225 Å². The topological polar surface area (TPSA) is 58.6 Å². The molecule has 0 aliphatic heterocycles. The number of nitrogens with zero attached hydrogens (tertiary/aromatic N) is 1. The highest BCUT2D eigenvalue weighted by molar-refractivity contribution is 6.32. The summed E-state index contributed by atoms with van der Waals surface area (Å²) in [6.07, 6.45) is 0.388. The third-order valence-electron chi connectivity index (χ3n) is 6.14. The molecule has 3 rings (SSSR count). The van der Waals surface area contributed by atoms with Gasteiger partial charge >= 0.3 is 0 Å². The van der Waals surface area contributed by atoms with Gasteiger partial charge in [0.2, 0.25) is 5.91 Å². The van der Waals surface area contributed by atoms with Gasteiger partial charge in [-0.3, -0.25) is 9.59 Å². The highest BCUT2D eigenvalue weighted by atomic mass is 35.5. The van der Waals surface area contributed by atoms with E-state index in [1.165, 1.54) is 0 Å². The van der Waals surface area contributed by atoms with Crippen molar-refractivity contribution in [1.29, 1.82) is 0 Å². The van der Waals surface area contributed by atoms with Gasteiger partial charge in [0.25, 0.3) is 5.91 Å². The van der Waals surface area contributed by atoms with Crippen molar-refractivity contribution in [3.8, 4) is 5.75 Å². The van der Waals surface area contributed by atoms with Gasteiger partial charge in [-0.25, -0.2) is 0 Å². The molecule has 196 valence electrons. The Morgan fingerprint density at radius 2 is 1.51 bits per heavy atom. The minimum atomic E-state index is -0.717. The molecule has 6 heteroatoms. The molecule has 0 saturated heterocycles. The molecule has 0 aliphatic rings. The van der Waals surface area contributed by atoms with Crippen molar-refractivity contribution in [3.63, 3.8) is 0 Å². The van der Waals surface area contributed by atoms with E-state index in [0.717, 1.165) is 27.8 Å². The maximum Gasteiger partial charge on any atom is 0.261 e. The van der Waals surface area contributed by atoms with Gasteiger partial charge < -0.3 is 15.0 Å². The molecule has 0 radical (unpaired) electrons. The summed E-state index contributed by atoms with van der Waals surface area (Å²) in [5, 5.41) is 3.76. The quantitative estimate of drug-likeness (QED) is 0.365. The molecule has 3 aromatic carbocycles. The van der Waals surface area contributed by atoms with Gasteiger partial charge in [0, 0.05) is 23.5 Å². The zero-order chi connectivity index (χ0) is 27.2. The number of ether oxygens (including phenoxy) is 1. The van der Waals surface area contributed by atoms with Gasteiger partial charge in [0.05, 0.1) is 0 Å². The van der Waals surface area contributed by atoms with Crippen LogP contribution in [0.25, 0.3) is 0 Å². The van der Waals surface area contributed by atoms with Crippen molar-refractivity contribution in [2.24, 2.45) is 0 Å². The van der Waals surface area contributed by atoms with E-state index >= 15 is 0 Å². The summed E-state index contributed by atoms with van der Waals surface area (Å²) in [6, 6.07) is 20.6. The van der Waals surface area contributed by atoms with Crippen LogP contribution in [-0.4, -0.2) is 34.9 Å². The molecule has 0 aliphatic carbocycles. The van der Waals surface area contributed by atoms with E-state index in [-0.39, 0.29) is 18.4 Å². The Kier molecular flexibility index (Phi) is 9.39. The summed E-state index contributed by atoms with van der Waals surface area (Å²) in [5.41, 5.74) is 4.33. The van der Waals surface area contributed by atoms with Crippen LogP contribution in [0.5, 0.6) is 5.75 Å². The second-order valence-corrected chi connectivity index (χ2v) is 10.9. The molecule has 5 nitrogen and oxygen atoms in total. The smallest absolute Gasteiger partial charge is 0.261 e. The van der Waals surface area contributed by atoms with Crippen LogP contribution >= 0.6 is 11.6 Å². The molecule has 1 N–H and O–H groups in total. The van der Waals surface area contributed by atoms with Crippen molar-refractivity contribution in [1.82, 2.24) is 10.2 Å². The van der Waals surface area contributed by atoms with Gasteiger partial charge in [-0.2, -0.15) is 0 Å². The molecule has 0 saturated carbocycles. The Balaban J connectivity index is 1.95. The number of carbonyl (C=O) groups is 2. The molecular formula is C31H37ClN2O3.